The molecule has 12 heteroatoms. The van der Waals surface area contributed by atoms with Gasteiger partial charge in [0.1, 0.15) is 17.7 Å². The van der Waals surface area contributed by atoms with E-state index in [4.69, 9.17) is 24.4 Å². The Kier molecular flexibility index (Phi) is 8.66. The van der Waals surface area contributed by atoms with Gasteiger partial charge in [0.05, 0.1) is 45.0 Å². The highest BCUT2D eigenvalue weighted by Gasteiger charge is 2.32. The number of aromatic nitrogens is 2. The van der Waals surface area contributed by atoms with Gasteiger partial charge in [0.2, 0.25) is 5.82 Å². The summed E-state index contributed by atoms with van der Waals surface area (Å²) in [5, 5.41) is 2.32. The lowest BCUT2D eigenvalue weighted by molar-refractivity contribution is -0.116. The molecule has 0 unspecified atom stereocenters. The zero-order valence-electron chi connectivity index (χ0n) is 22.2. The van der Waals surface area contributed by atoms with E-state index in [1.165, 1.54) is 11.7 Å². The van der Waals surface area contributed by atoms with Crippen LogP contribution in [0.5, 0.6) is 11.5 Å². The highest BCUT2D eigenvalue weighted by molar-refractivity contribution is 7.54. The number of carbonyl (C=O) groups excluding carboxylic acids is 1. The number of carbonyl (C=O) groups is 1. The van der Waals surface area contributed by atoms with Crippen molar-refractivity contribution >= 4 is 41.1 Å². The normalized spacial score (nSPS) is 11.6. The first-order valence-electron chi connectivity index (χ1n) is 12.3. The van der Waals surface area contributed by atoms with Gasteiger partial charge in [-0.25, -0.2) is 15.8 Å². The molecule has 1 aromatic heterocycles. The predicted octanol–water partition coefficient (Wildman–Crippen LogP) is 4.09. The van der Waals surface area contributed by atoms with Crippen molar-refractivity contribution in [1.29, 1.82) is 0 Å². The molecule has 0 saturated carbocycles. The van der Waals surface area contributed by atoms with Crippen LogP contribution in [0, 0.1) is 0 Å². The van der Waals surface area contributed by atoms with E-state index in [1.54, 1.807) is 45.2 Å². The Morgan fingerprint density at radius 3 is 2.41 bits per heavy atom. The zero-order valence-corrected chi connectivity index (χ0v) is 23.1. The number of nitrogens with two attached hydrogens (primary N) is 1. The van der Waals surface area contributed by atoms with Gasteiger partial charge in [0.15, 0.2) is 0 Å². The van der Waals surface area contributed by atoms with E-state index in [0.717, 1.165) is 10.8 Å². The standard InChI is InChI=1S/C27H31N4O7P/c1-5-37-39(34,38-6-2)17-24(32)31(28)26-27(33)30(16-19-11-13-20(35-3)15-23(19)36-4)25-21-10-8-7-9-18(21)12-14-22(25)29-26/h7-15H,5-6,16-17,28H2,1-4H3. The number of ether oxygens (including phenoxy) is 2. The van der Waals surface area contributed by atoms with Crippen molar-refractivity contribution in [2.24, 2.45) is 5.84 Å². The molecule has 0 spiro atoms. The molecular formula is C27H31N4O7P. The van der Waals surface area contributed by atoms with Gasteiger partial charge in [-0.2, -0.15) is 0 Å². The highest BCUT2D eigenvalue weighted by atomic mass is 31.2. The summed E-state index contributed by atoms with van der Waals surface area (Å²) in [7, 11) is -0.685. The quantitative estimate of drug-likeness (QED) is 0.0956. The van der Waals surface area contributed by atoms with Gasteiger partial charge in [0.25, 0.3) is 11.5 Å². The summed E-state index contributed by atoms with van der Waals surface area (Å²) in [4.78, 5) is 31.5. The van der Waals surface area contributed by atoms with Gasteiger partial charge in [-0.05, 0) is 37.4 Å². The minimum absolute atomic E-state index is 0.0763. The van der Waals surface area contributed by atoms with Gasteiger partial charge in [-0.1, -0.05) is 30.3 Å². The number of benzene rings is 3. The molecule has 4 aromatic rings. The first kappa shape index (κ1) is 28.3. The van der Waals surface area contributed by atoms with Crippen molar-refractivity contribution in [1.82, 2.24) is 9.55 Å². The Morgan fingerprint density at radius 2 is 1.74 bits per heavy atom. The summed E-state index contributed by atoms with van der Waals surface area (Å²) < 4.78 is 35.8. The maximum atomic E-state index is 13.9. The number of hydrogen-bond acceptors (Lipinski definition) is 9. The van der Waals surface area contributed by atoms with Crippen molar-refractivity contribution < 1.29 is 27.9 Å². The van der Waals surface area contributed by atoms with Crippen molar-refractivity contribution in [2.75, 3.05) is 38.6 Å². The third-order valence-electron chi connectivity index (χ3n) is 6.11. The Balaban J connectivity index is 1.89. The van der Waals surface area contributed by atoms with Crippen LogP contribution in [0.1, 0.15) is 19.4 Å². The summed E-state index contributed by atoms with van der Waals surface area (Å²) in [6.07, 6.45) is -0.644. The van der Waals surface area contributed by atoms with Gasteiger partial charge < -0.3 is 18.5 Å². The monoisotopic (exact) mass is 554 g/mol. The summed E-state index contributed by atoms with van der Waals surface area (Å²) in [5.74, 6) is 6.09. The second-order valence-corrected chi connectivity index (χ2v) is 10.6. The summed E-state index contributed by atoms with van der Waals surface area (Å²) >= 11 is 0. The molecule has 3 aromatic carbocycles. The molecular weight excluding hydrogens is 523 g/mol. The maximum absolute atomic E-state index is 13.9. The second kappa shape index (κ2) is 12.0. The fourth-order valence-electron chi connectivity index (χ4n) is 4.34. The van der Waals surface area contributed by atoms with Crippen LogP contribution in [0.2, 0.25) is 0 Å². The van der Waals surface area contributed by atoms with Gasteiger partial charge >= 0.3 is 7.60 Å². The average Bonchev–Trinajstić information content (AvgIpc) is 2.93. The van der Waals surface area contributed by atoms with Crippen LogP contribution in [-0.2, 0) is 25.0 Å². The third kappa shape index (κ3) is 5.81. The maximum Gasteiger partial charge on any atom is 0.340 e. The SMILES string of the molecule is CCOP(=O)(CC(=O)N(N)c1nc2ccc3ccccc3c2n(Cc2ccc(OC)cc2OC)c1=O)OCC. The Hall–Kier alpha value is -3.76. The van der Waals surface area contributed by atoms with Gasteiger partial charge in [-0.3, -0.25) is 18.7 Å². The van der Waals surface area contributed by atoms with Crippen LogP contribution in [0.4, 0.5) is 5.82 Å². The zero-order chi connectivity index (χ0) is 28.2. The van der Waals surface area contributed by atoms with E-state index < -0.39 is 25.2 Å². The van der Waals surface area contributed by atoms with E-state index in [9.17, 15) is 14.2 Å². The van der Waals surface area contributed by atoms with E-state index in [1.807, 2.05) is 30.3 Å². The van der Waals surface area contributed by atoms with E-state index in [-0.39, 0.29) is 25.6 Å². The third-order valence-corrected chi connectivity index (χ3v) is 8.07. The number of amides is 1. The predicted molar refractivity (Wildman–Crippen MR) is 150 cm³/mol. The van der Waals surface area contributed by atoms with Crippen LogP contribution in [0.15, 0.2) is 59.4 Å². The minimum atomic E-state index is -3.77. The molecule has 39 heavy (non-hydrogen) atoms. The summed E-state index contributed by atoms with van der Waals surface area (Å²) in [5.41, 5.74) is 1.08. The Labute approximate surface area is 225 Å². The van der Waals surface area contributed by atoms with E-state index >= 15 is 0 Å². The number of nitrogens with zero attached hydrogens (tertiary/aromatic N) is 3. The molecule has 0 aliphatic rings. The van der Waals surface area contributed by atoms with Crippen LogP contribution in [-0.4, -0.2) is 49.1 Å². The lowest BCUT2D eigenvalue weighted by atomic mass is 10.1. The number of hydrazine groups is 1. The molecule has 206 valence electrons. The fourth-order valence-corrected chi connectivity index (χ4v) is 5.87. The summed E-state index contributed by atoms with van der Waals surface area (Å²) in [6.45, 7) is 3.51. The Bertz CT molecular complexity index is 1610. The number of methoxy groups -OCH3 is 2. The van der Waals surface area contributed by atoms with Gasteiger partial charge in [0, 0.05) is 17.0 Å². The average molecular weight is 555 g/mol. The van der Waals surface area contributed by atoms with E-state index in [2.05, 4.69) is 4.98 Å². The van der Waals surface area contributed by atoms with Crippen molar-refractivity contribution in [3.8, 4) is 11.5 Å². The Morgan fingerprint density at radius 1 is 1.03 bits per heavy atom. The molecule has 0 radical (unpaired) electrons. The minimum Gasteiger partial charge on any atom is -0.497 e. The molecule has 4 rings (SSSR count). The van der Waals surface area contributed by atoms with Crippen LogP contribution in [0.3, 0.4) is 0 Å². The first-order valence-corrected chi connectivity index (χ1v) is 14.1. The lowest BCUT2D eigenvalue weighted by Crippen LogP contribution is -2.44. The molecule has 0 aliphatic carbocycles. The van der Waals surface area contributed by atoms with Gasteiger partial charge in [-0.15, -0.1) is 0 Å². The number of rotatable bonds is 11. The smallest absolute Gasteiger partial charge is 0.340 e. The second-order valence-electron chi connectivity index (χ2n) is 8.53. The number of hydrogen-bond donors (Lipinski definition) is 1. The molecule has 0 bridgehead atoms. The molecule has 0 aliphatic heterocycles. The first-order chi connectivity index (χ1) is 18.7. The fraction of sp³-hybridized carbons (Fsp3) is 0.296. The topological polar surface area (TPSA) is 135 Å². The molecule has 11 nitrogen and oxygen atoms in total. The molecule has 2 N–H and O–H groups in total. The van der Waals surface area contributed by atoms with Crippen LogP contribution < -0.4 is 25.9 Å². The molecule has 0 fully saturated rings. The highest BCUT2D eigenvalue weighted by Crippen LogP contribution is 2.48. The molecule has 1 amide bonds. The molecule has 1 heterocycles. The van der Waals surface area contributed by atoms with Crippen molar-refractivity contribution in [2.45, 2.75) is 20.4 Å². The molecule has 0 atom stereocenters. The largest absolute Gasteiger partial charge is 0.497 e. The van der Waals surface area contributed by atoms with Crippen molar-refractivity contribution in [3.63, 3.8) is 0 Å². The molecule has 0 saturated heterocycles. The number of anilines is 1. The van der Waals surface area contributed by atoms with Crippen LogP contribution >= 0.6 is 7.60 Å². The van der Waals surface area contributed by atoms with Crippen LogP contribution in [0.25, 0.3) is 21.8 Å². The summed E-state index contributed by atoms with van der Waals surface area (Å²) in [6, 6.07) is 16.5. The van der Waals surface area contributed by atoms with Crippen molar-refractivity contribution in [3.05, 3.63) is 70.5 Å². The van der Waals surface area contributed by atoms with E-state index in [0.29, 0.717) is 33.1 Å². The lowest BCUT2D eigenvalue weighted by Gasteiger charge is -2.22. The number of fused-ring (bicyclic) bond motifs is 3.